The number of nitrogens with zero attached hydrogens (tertiary/aromatic N) is 1. The van der Waals surface area contributed by atoms with Gasteiger partial charge in [0, 0.05) is 12.5 Å². The van der Waals surface area contributed by atoms with Gasteiger partial charge in [-0.25, -0.2) is 4.98 Å². The summed E-state index contributed by atoms with van der Waals surface area (Å²) in [4.78, 5) is 15.2. The Morgan fingerprint density at radius 1 is 1.40 bits per heavy atom. The number of hydrogen-bond donors (Lipinski definition) is 2. The first kappa shape index (κ1) is 13.4. The summed E-state index contributed by atoms with van der Waals surface area (Å²) in [5.74, 6) is -0.752. The van der Waals surface area contributed by atoms with Gasteiger partial charge in [-0.1, -0.05) is 30.2 Å². The maximum absolute atomic E-state index is 10.6. The molecule has 1 fully saturated rings. The summed E-state index contributed by atoms with van der Waals surface area (Å²) < 4.78 is 1.13. The third-order valence-corrected chi connectivity index (χ3v) is 4.71. The number of anilines is 1. The molecule has 0 radical (unpaired) electrons. The molecule has 1 heterocycles. The van der Waals surface area contributed by atoms with Crippen molar-refractivity contribution >= 4 is 32.7 Å². The van der Waals surface area contributed by atoms with Crippen molar-refractivity contribution in [2.75, 3.05) is 5.32 Å². The monoisotopic (exact) mass is 290 g/mol. The molecule has 1 aromatic carbocycles. The lowest BCUT2D eigenvalue weighted by Gasteiger charge is -2.09. The Kier molecular flexibility index (Phi) is 3.87. The van der Waals surface area contributed by atoms with E-state index < -0.39 is 5.97 Å². The Morgan fingerprint density at radius 2 is 2.20 bits per heavy atom. The van der Waals surface area contributed by atoms with E-state index in [2.05, 4.69) is 16.4 Å². The Bertz CT molecular complexity index is 617. The van der Waals surface area contributed by atoms with Crippen molar-refractivity contribution in [2.45, 2.75) is 44.6 Å². The van der Waals surface area contributed by atoms with Gasteiger partial charge in [-0.2, -0.15) is 0 Å². The summed E-state index contributed by atoms with van der Waals surface area (Å²) in [6.07, 6.45) is 5.84. The molecule has 0 unspecified atom stereocenters. The molecule has 0 spiro atoms. The molecule has 0 amide bonds. The molecular weight excluding hydrogens is 272 g/mol. The van der Waals surface area contributed by atoms with Gasteiger partial charge in [-0.3, -0.25) is 4.79 Å². The maximum atomic E-state index is 10.6. The van der Waals surface area contributed by atoms with Crippen molar-refractivity contribution in [3.8, 4) is 0 Å². The molecule has 1 aliphatic rings. The fourth-order valence-corrected chi connectivity index (χ4v) is 3.69. The van der Waals surface area contributed by atoms with E-state index in [-0.39, 0.29) is 6.42 Å². The van der Waals surface area contributed by atoms with Gasteiger partial charge in [-0.15, -0.1) is 0 Å². The number of aromatic nitrogens is 1. The van der Waals surface area contributed by atoms with Gasteiger partial charge in [0.1, 0.15) is 0 Å². The largest absolute Gasteiger partial charge is 0.481 e. The highest BCUT2D eigenvalue weighted by molar-refractivity contribution is 7.22. The van der Waals surface area contributed by atoms with Crippen molar-refractivity contribution in [1.82, 2.24) is 4.98 Å². The summed E-state index contributed by atoms with van der Waals surface area (Å²) >= 11 is 1.66. The lowest BCUT2D eigenvalue weighted by Crippen LogP contribution is -2.13. The Hall–Kier alpha value is -1.62. The van der Waals surface area contributed by atoms with Crippen molar-refractivity contribution in [2.24, 2.45) is 0 Å². The van der Waals surface area contributed by atoms with Crippen LogP contribution in [0.15, 0.2) is 18.2 Å². The summed E-state index contributed by atoms with van der Waals surface area (Å²) in [6, 6.07) is 6.60. The van der Waals surface area contributed by atoms with Crippen molar-refractivity contribution < 1.29 is 9.90 Å². The van der Waals surface area contributed by atoms with E-state index >= 15 is 0 Å². The number of carbonyl (C=O) groups is 1. The van der Waals surface area contributed by atoms with E-state index in [1.54, 1.807) is 11.3 Å². The van der Waals surface area contributed by atoms with Gasteiger partial charge >= 0.3 is 5.97 Å². The zero-order chi connectivity index (χ0) is 13.9. The molecule has 3 rings (SSSR count). The van der Waals surface area contributed by atoms with Gasteiger partial charge in [0.15, 0.2) is 5.13 Å². The molecule has 1 saturated carbocycles. The highest BCUT2D eigenvalue weighted by atomic mass is 32.1. The Balaban J connectivity index is 1.74. The SMILES string of the molecule is O=C(O)CCc1ccc2nc(NC3CCCC3)sc2c1. The lowest BCUT2D eigenvalue weighted by atomic mass is 10.1. The second-order valence-electron chi connectivity index (χ2n) is 5.34. The van der Waals surface area contributed by atoms with Gasteiger partial charge in [0.25, 0.3) is 0 Å². The number of carboxylic acid groups (broad SMARTS) is 1. The second-order valence-corrected chi connectivity index (χ2v) is 6.37. The van der Waals surface area contributed by atoms with Gasteiger partial charge < -0.3 is 10.4 Å². The van der Waals surface area contributed by atoms with E-state index in [1.165, 1.54) is 25.7 Å². The zero-order valence-electron chi connectivity index (χ0n) is 11.3. The number of aryl methyl sites for hydroxylation is 1. The van der Waals surface area contributed by atoms with Crippen LogP contribution in [0.25, 0.3) is 10.2 Å². The molecular formula is C15H18N2O2S. The van der Waals surface area contributed by atoms with Gasteiger partial charge in [0.2, 0.25) is 0 Å². The molecule has 1 aromatic heterocycles. The minimum Gasteiger partial charge on any atom is -0.481 e. The molecule has 0 saturated heterocycles. The van der Waals surface area contributed by atoms with E-state index in [0.717, 1.165) is 20.9 Å². The van der Waals surface area contributed by atoms with Crippen molar-refractivity contribution in [3.05, 3.63) is 23.8 Å². The molecule has 0 atom stereocenters. The van der Waals surface area contributed by atoms with E-state index in [1.807, 2.05) is 12.1 Å². The van der Waals surface area contributed by atoms with Crippen LogP contribution in [0.1, 0.15) is 37.7 Å². The fourth-order valence-electron chi connectivity index (χ4n) is 2.68. The van der Waals surface area contributed by atoms with E-state index in [4.69, 9.17) is 5.11 Å². The second kappa shape index (κ2) is 5.79. The molecule has 0 aliphatic heterocycles. The van der Waals surface area contributed by atoms with Crippen LogP contribution in [0.3, 0.4) is 0 Å². The van der Waals surface area contributed by atoms with Crippen LogP contribution in [0.2, 0.25) is 0 Å². The highest BCUT2D eigenvalue weighted by Gasteiger charge is 2.16. The summed E-state index contributed by atoms with van der Waals surface area (Å²) in [5, 5.41) is 13.2. The third-order valence-electron chi connectivity index (χ3n) is 3.76. The number of carboxylic acids is 1. The first-order valence-electron chi connectivity index (χ1n) is 7.08. The quantitative estimate of drug-likeness (QED) is 0.882. The third kappa shape index (κ3) is 3.10. The normalized spacial score (nSPS) is 15.8. The number of fused-ring (bicyclic) bond motifs is 1. The summed E-state index contributed by atoms with van der Waals surface area (Å²) in [6.45, 7) is 0. The number of rotatable bonds is 5. The minimum atomic E-state index is -0.752. The number of hydrogen-bond acceptors (Lipinski definition) is 4. The number of nitrogens with one attached hydrogen (secondary N) is 1. The highest BCUT2D eigenvalue weighted by Crippen LogP contribution is 2.30. The maximum Gasteiger partial charge on any atom is 0.303 e. The Morgan fingerprint density at radius 3 is 2.95 bits per heavy atom. The van der Waals surface area contributed by atoms with Crippen LogP contribution < -0.4 is 5.32 Å². The molecule has 2 N–H and O–H groups in total. The summed E-state index contributed by atoms with van der Waals surface area (Å²) in [7, 11) is 0. The average molecular weight is 290 g/mol. The van der Waals surface area contributed by atoms with Crippen LogP contribution >= 0.6 is 11.3 Å². The van der Waals surface area contributed by atoms with Crippen LogP contribution in [0.5, 0.6) is 0 Å². The van der Waals surface area contributed by atoms with Gasteiger partial charge in [-0.05, 0) is 37.0 Å². The van der Waals surface area contributed by atoms with Gasteiger partial charge in [0.05, 0.1) is 10.2 Å². The molecule has 20 heavy (non-hydrogen) atoms. The molecule has 0 bridgehead atoms. The average Bonchev–Trinajstić information content (AvgIpc) is 3.04. The fraction of sp³-hybridized carbons (Fsp3) is 0.467. The predicted molar refractivity (Wildman–Crippen MR) is 81.5 cm³/mol. The first-order chi connectivity index (χ1) is 9.70. The predicted octanol–water partition coefficient (Wildman–Crippen LogP) is 3.67. The standard InChI is InChI=1S/C15H18N2O2S/c18-14(19)8-6-10-5-7-12-13(9-10)20-15(17-12)16-11-3-1-2-4-11/h5,7,9,11H,1-4,6,8H2,(H,16,17)(H,18,19). The van der Waals surface area contributed by atoms with Crippen molar-refractivity contribution in [1.29, 1.82) is 0 Å². The van der Waals surface area contributed by atoms with Crippen molar-refractivity contribution in [3.63, 3.8) is 0 Å². The molecule has 5 heteroatoms. The van der Waals surface area contributed by atoms with E-state index in [0.29, 0.717) is 12.5 Å². The number of thiazole rings is 1. The van der Waals surface area contributed by atoms with E-state index in [9.17, 15) is 4.79 Å². The smallest absolute Gasteiger partial charge is 0.303 e. The molecule has 2 aromatic rings. The number of aliphatic carboxylic acids is 1. The first-order valence-corrected chi connectivity index (χ1v) is 7.90. The van der Waals surface area contributed by atoms with Crippen LogP contribution in [0.4, 0.5) is 5.13 Å². The molecule has 4 nitrogen and oxygen atoms in total. The van der Waals surface area contributed by atoms with Crippen LogP contribution in [-0.2, 0) is 11.2 Å². The number of benzene rings is 1. The Labute approximate surface area is 121 Å². The molecule has 1 aliphatic carbocycles. The minimum absolute atomic E-state index is 0.178. The summed E-state index contributed by atoms with van der Waals surface area (Å²) in [5.41, 5.74) is 2.06. The lowest BCUT2D eigenvalue weighted by molar-refractivity contribution is -0.136. The zero-order valence-corrected chi connectivity index (χ0v) is 12.1. The van der Waals surface area contributed by atoms with Crippen LogP contribution in [0, 0.1) is 0 Å². The molecule has 106 valence electrons. The topological polar surface area (TPSA) is 62.2 Å². The van der Waals surface area contributed by atoms with Crippen LogP contribution in [-0.4, -0.2) is 22.1 Å².